The van der Waals surface area contributed by atoms with E-state index in [0.29, 0.717) is 24.9 Å². The maximum atomic E-state index is 12.8. The van der Waals surface area contributed by atoms with Gasteiger partial charge in [0.1, 0.15) is 6.04 Å². The van der Waals surface area contributed by atoms with E-state index in [4.69, 9.17) is 0 Å². The largest absolute Gasteiger partial charge is 0.357 e. The van der Waals surface area contributed by atoms with Gasteiger partial charge in [-0.1, -0.05) is 64.1 Å². The van der Waals surface area contributed by atoms with Crippen LogP contribution in [0.25, 0.3) is 10.8 Å². The summed E-state index contributed by atoms with van der Waals surface area (Å²) >= 11 is 0. The third kappa shape index (κ3) is 7.50. The van der Waals surface area contributed by atoms with E-state index in [2.05, 4.69) is 16.0 Å². The number of likely N-dealkylation sites (N-methyl/N-ethyl adjacent to an activating group) is 1. The molecule has 0 saturated heterocycles. The molecule has 0 fully saturated rings. The monoisotopic (exact) mass is 413 g/mol. The second kappa shape index (κ2) is 13.4. The van der Waals surface area contributed by atoms with E-state index >= 15 is 0 Å². The summed E-state index contributed by atoms with van der Waals surface area (Å²) in [6, 6.07) is 12.6. The highest BCUT2D eigenvalue weighted by atomic mass is 16.2. The van der Waals surface area contributed by atoms with Gasteiger partial charge < -0.3 is 16.0 Å². The van der Waals surface area contributed by atoms with Gasteiger partial charge in [-0.05, 0) is 36.1 Å². The van der Waals surface area contributed by atoms with E-state index in [1.807, 2.05) is 64.1 Å². The van der Waals surface area contributed by atoms with Crippen LogP contribution in [0.1, 0.15) is 57.3 Å². The molecule has 0 aromatic heterocycles. The van der Waals surface area contributed by atoms with Gasteiger partial charge >= 0.3 is 0 Å². The molecule has 0 aliphatic rings. The number of carbonyl (C=O) groups excluding carboxylic acids is 3. The molecule has 1 atom stereocenters. The van der Waals surface area contributed by atoms with Crippen LogP contribution in [0.4, 0.5) is 0 Å². The molecule has 0 bridgehead atoms. The van der Waals surface area contributed by atoms with Gasteiger partial charge in [0.05, 0.1) is 0 Å². The minimum Gasteiger partial charge on any atom is -0.357 e. The molecule has 30 heavy (non-hydrogen) atoms. The molecule has 0 aliphatic carbocycles. The Kier molecular flexibility index (Phi) is 11.2. The third-order valence-electron chi connectivity index (χ3n) is 4.65. The maximum Gasteiger partial charge on any atom is 0.252 e. The standard InChI is InChI=1S/C22H29N3O3.C2H6/c1-15(2)20(26)24-14-7-6-13-19(22(28)23-3)25-21(27)18-12-8-10-16-9-4-5-11-17(16)18;1-2/h4-5,8-12,15,19H,6-7,13-14H2,1-3H3,(H,23,28)(H,24,26)(H,25,27);1-2H3. The van der Waals surface area contributed by atoms with Crippen molar-refractivity contribution in [2.75, 3.05) is 13.6 Å². The van der Waals surface area contributed by atoms with Gasteiger partial charge in [0.2, 0.25) is 11.8 Å². The summed E-state index contributed by atoms with van der Waals surface area (Å²) in [5.41, 5.74) is 0.552. The van der Waals surface area contributed by atoms with Crippen molar-refractivity contribution in [3.63, 3.8) is 0 Å². The molecule has 6 heteroatoms. The van der Waals surface area contributed by atoms with E-state index in [1.54, 1.807) is 13.1 Å². The second-order valence-corrected chi connectivity index (χ2v) is 7.11. The van der Waals surface area contributed by atoms with Crippen LogP contribution >= 0.6 is 0 Å². The normalized spacial score (nSPS) is 11.3. The van der Waals surface area contributed by atoms with Crippen molar-refractivity contribution >= 4 is 28.5 Å². The van der Waals surface area contributed by atoms with Gasteiger partial charge in [0, 0.05) is 25.1 Å². The van der Waals surface area contributed by atoms with Gasteiger partial charge in [-0.2, -0.15) is 0 Å². The van der Waals surface area contributed by atoms with Crippen LogP contribution in [0.15, 0.2) is 42.5 Å². The first kappa shape index (κ1) is 25.1. The number of nitrogens with one attached hydrogen (secondary N) is 3. The molecule has 0 spiro atoms. The maximum absolute atomic E-state index is 12.8. The number of hydrogen-bond acceptors (Lipinski definition) is 3. The lowest BCUT2D eigenvalue weighted by Gasteiger charge is -2.18. The van der Waals surface area contributed by atoms with Crippen molar-refractivity contribution in [3.8, 4) is 0 Å². The molecule has 2 rings (SSSR count). The van der Waals surface area contributed by atoms with Crippen LogP contribution in [-0.2, 0) is 9.59 Å². The van der Waals surface area contributed by atoms with Gasteiger partial charge in [0.25, 0.3) is 5.91 Å². The van der Waals surface area contributed by atoms with Crippen LogP contribution in [0, 0.1) is 5.92 Å². The topological polar surface area (TPSA) is 87.3 Å². The molecule has 0 radical (unpaired) electrons. The average Bonchev–Trinajstić information content (AvgIpc) is 2.78. The van der Waals surface area contributed by atoms with Gasteiger partial charge in [-0.3, -0.25) is 14.4 Å². The summed E-state index contributed by atoms with van der Waals surface area (Å²) in [5, 5.41) is 10.2. The Morgan fingerprint density at radius 1 is 0.900 bits per heavy atom. The Morgan fingerprint density at radius 3 is 2.23 bits per heavy atom. The first-order chi connectivity index (χ1) is 14.4. The summed E-state index contributed by atoms with van der Waals surface area (Å²) in [7, 11) is 1.56. The van der Waals surface area contributed by atoms with Gasteiger partial charge in [-0.25, -0.2) is 0 Å². The number of carbonyl (C=O) groups is 3. The smallest absolute Gasteiger partial charge is 0.252 e. The first-order valence-electron chi connectivity index (χ1n) is 10.7. The van der Waals surface area contributed by atoms with E-state index in [9.17, 15) is 14.4 Å². The molecule has 0 heterocycles. The number of rotatable bonds is 9. The SMILES string of the molecule is CC.CNC(=O)C(CCCCNC(=O)C(C)C)NC(=O)c1cccc2ccccc12. The summed E-state index contributed by atoms with van der Waals surface area (Å²) in [6.45, 7) is 8.26. The Morgan fingerprint density at radius 2 is 1.57 bits per heavy atom. The lowest BCUT2D eigenvalue weighted by molar-refractivity contribution is -0.124. The summed E-state index contributed by atoms with van der Waals surface area (Å²) in [4.78, 5) is 36.6. The molecule has 0 aliphatic heterocycles. The Hall–Kier alpha value is -2.89. The number of unbranched alkanes of at least 4 members (excludes halogenated alkanes) is 1. The Balaban J connectivity index is 0.00000218. The van der Waals surface area contributed by atoms with Crippen molar-refractivity contribution in [2.45, 2.75) is 53.0 Å². The van der Waals surface area contributed by atoms with Crippen LogP contribution in [-0.4, -0.2) is 37.4 Å². The van der Waals surface area contributed by atoms with Gasteiger partial charge in [0.15, 0.2) is 0 Å². The van der Waals surface area contributed by atoms with E-state index in [0.717, 1.165) is 17.2 Å². The zero-order valence-corrected chi connectivity index (χ0v) is 18.7. The molecule has 3 N–H and O–H groups in total. The summed E-state index contributed by atoms with van der Waals surface area (Å²) < 4.78 is 0. The minimum absolute atomic E-state index is 0.0205. The van der Waals surface area contributed by atoms with Crippen LogP contribution < -0.4 is 16.0 Å². The van der Waals surface area contributed by atoms with Crippen molar-refractivity contribution in [1.29, 1.82) is 0 Å². The molecular formula is C24H35N3O3. The van der Waals surface area contributed by atoms with Crippen LogP contribution in [0.3, 0.4) is 0 Å². The lowest BCUT2D eigenvalue weighted by Crippen LogP contribution is -2.45. The number of amides is 3. The molecule has 6 nitrogen and oxygen atoms in total. The zero-order valence-electron chi connectivity index (χ0n) is 18.7. The Bertz CT molecular complexity index is 828. The highest BCUT2D eigenvalue weighted by Gasteiger charge is 2.21. The molecule has 2 aromatic rings. The van der Waals surface area contributed by atoms with Crippen LogP contribution in [0.5, 0.6) is 0 Å². The fourth-order valence-corrected chi connectivity index (χ4v) is 2.99. The molecule has 3 amide bonds. The van der Waals surface area contributed by atoms with Crippen LogP contribution in [0.2, 0.25) is 0 Å². The predicted octanol–water partition coefficient (Wildman–Crippen LogP) is 3.65. The molecule has 0 saturated carbocycles. The van der Waals surface area contributed by atoms with Gasteiger partial charge in [-0.15, -0.1) is 0 Å². The van der Waals surface area contributed by atoms with Crippen molar-refractivity contribution in [3.05, 3.63) is 48.0 Å². The minimum atomic E-state index is -0.614. The van der Waals surface area contributed by atoms with E-state index in [-0.39, 0.29) is 23.6 Å². The molecular weight excluding hydrogens is 378 g/mol. The molecule has 2 aromatic carbocycles. The van der Waals surface area contributed by atoms with Crippen molar-refractivity contribution in [2.24, 2.45) is 5.92 Å². The first-order valence-corrected chi connectivity index (χ1v) is 10.7. The second-order valence-electron chi connectivity index (χ2n) is 7.11. The fraction of sp³-hybridized carbons (Fsp3) is 0.458. The lowest BCUT2D eigenvalue weighted by atomic mass is 10.0. The molecule has 1 unspecified atom stereocenters. The fourth-order valence-electron chi connectivity index (χ4n) is 2.99. The van der Waals surface area contributed by atoms with E-state index in [1.165, 1.54) is 0 Å². The summed E-state index contributed by atoms with van der Waals surface area (Å²) in [5.74, 6) is -0.510. The van der Waals surface area contributed by atoms with Crippen molar-refractivity contribution < 1.29 is 14.4 Å². The number of benzene rings is 2. The number of fused-ring (bicyclic) bond motifs is 1. The highest BCUT2D eigenvalue weighted by Crippen LogP contribution is 2.18. The predicted molar refractivity (Wildman–Crippen MR) is 122 cm³/mol. The van der Waals surface area contributed by atoms with Crippen molar-refractivity contribution in [1.82, 2.24) is 16.0 Å². The van der Waals surface area contributed by atoms with E-state index < -0.39 is 6.04 Å². The third-order valence-corrected chi connectivity index (χ3v) is 4.65. The average molecular weight is 414 g/mol. The molecule has 164 valence electrons. The zero-order chi connectivity index (χ0) is 22.5. The highest BCUT2D eigenvalue weighted by molar-refractivity contribution is 6.08. The quantitative estimate of drug-likeness (QED) is 0.548. The Labute approximate surface area is 179 Å². The summed E-state index contributed by atoms with van der Waals surface area (Å²) in [6.07, 6.45) is 1.97. The number of hydrogen-bond donors (Lipinski definition) is 3.